The van der Waals surface area contributed by atoms with Crippen LogP contribution in [0, 0.1) is 0 Å². The highest BCUT2D eigenvalue weighted by molar-refractivity contribution is 5.99. The lowest BCUT2D eigenvalue weighted by atomic mass is 10.1. The van der Waals surface area contributed by atoms with Crippen molar-refractivity contribution in [3.8, 4) is 0 Å². The molecule has 18 heavy (non-hydrogen) atoms. The summed E-state index contributed by atoms with van der Waals surface area (Å²) in [5, 5.41) is 0. The number of carbonyl (C=O) groups excluding carboxylic acids is 1. The van der Waals surface area contributed by atoms with Gasteiger partial charge in [-0.15, -0.1) is 0 Å². The highest BCUT2D eigenvalue weighted by Gasteiger charge is 2.32. The maximum absolute atomic E-state index is 12.3. The lowest BCUT2D eigenvalue weighted by molar-refractivity contribution is 0.0628. The molecule has 0 radical (unpaired) electrons. The standard InChI is InChI=1S/C14H19N3O/c15-13-4-2-1-3-12(13)14(18)17-9-7-16(8-10-17)11-5-6-11/h1-4,11H,5-10,15H2. The van der Waals surface area contributed by atoms with Crippen LogP contribution in [-0.4, -0.2) is 47.9 Å². The number of nitrogens with zero attached hydrogens (tertiary/aromatic N) is 2. The van der Waals surface area contributed by atoms with Gasteiger partial charge in [0.25, 0.3) is 5.91 Å². The summed E-state index contributed by atoms with van der Waals surface area (Å²) in [5.74, 6) is 0.0727. The van der Waals surface area contributed by atoms with Gasteiger partial charge in [0.2, 0.25) is 0 Å². The number of hydrogen-bond donors (Lipinski definition) is 1. The number of amides is 1. The minimum absolute atomic E-state index is 0.0727. The SMILES string of the molecule is Nc1ccccc1C(=O)N1CCN(C2CC2)CC1. The first-order valence-electron chi connectivity index (χ1n) is 6.63. The number of hydrogen-bond acceptors (Lipinski definition) is 3. The Morgan fingerprint density at radius 3 is 2.39 bits per heavy atom. The maximum Gasteiger partial charge on any atom is 0.256 e. The largest absolute Gasteiger partial charge is 0.398 e. The van der Waals surface area contributed by atoms with Crippen LogP contribution < -0.4 is 5.73 Å². The van der Waals surface area contributed by atoms with E-state index in [1.807, 2.05) is 23.1 Å². The molecular weight excluding hydrogens is 226 g/mol. The predicted molar refractivity (Wildman–Crippen MR) is 71.4 cm³/mol. The van der Waals surface area contributed by atoms with Crippen molar-refractivity contribution in [1.29, 1.82) is 0 Å². The summed E-state index contributed by atoms with van der Waals surface area (Å²) in [4.78, 5) is 16.8. The van der Waals surface area contributed by atoms with Gasteiger partial charge in [0.15, 0.2) is 0 Å². The van der Waals surface area contributed by atoms with Crippen LogP contribution in [0.2, 0.25) is 0 Å². The van der Waals surface area contributed by atoms with Gasteiger partial charge >= 0.3 is 0 Å². The van der Waals surface area contributed by atoms with Crippen LogP contribution in [0.15, 0.2) is 24.3 Å². The van der Waals surface area contributed by atoms with Crippen molar-refractivity contribution >= 4 is 11.6 Å². The average molecular weight is 245 g/mol. The Morgan fingerprint density at radius 1 is 1.11 bits per heavy atom. The summed E-state index contributed by atoms with van der Waals surface area (Å²) in [6, 6.07) is 8.11. The fraction of sp³-hybridized carbons (Fsp3) is 0.500. The second-order valence-electron chi connectivity index (χ2n) is 5.15. The zero-order valence-electron chi connectivity index (χ0n) is 10.5. The second-order valence-corrected chi connectivity index (χ2v) is 5.15. The number of rotatable bonds is 2. The molecule has 3 rings (SSSR count). The molecule has 4 heteroatoms. The lowest BCUT2D eigenvalue weighted by Crippen LogP contribution is -2.49. The summed E-state index contributed by atoms with van der Waals surface area (Å²) in [7, 11) is 0. The Kier molecular flexibility index (Phi) is 2.96. The van der Waals surface area contributed by atoms with Crippen LogP contribution in [0.1, 0.15) is 23.2 Å². The first kappa shape index (κ1) is 11.5. The predicted octanol–water partition coefficient (Wildman–Crippen LogP) is 1.19. The highest BCUT2D eigenvalue weighted by Crippen LogP contribution is 2.27. The number of nitrogens with two attached hydrogens (primary N) is 1. The number of piperazine rings is 1. The molecule has 1 saturated heterocycles. The zero-order chi connectivity index (χ0) is 12.5. The van der Waals surface area contributed by atoms with E-state index in [2.05, 4.69) is 4.90 Å². The normalized spacial score (nSPS) is 21.0. The third-order valence-corrected chi connectivity index (χ3v) is 3.86. The number of carbonyl (C=O) groups is 1. The Morgan fingerprint density at radius 2 is 1.78 bits per heavy atom. The molecule has 1 aliphatic carbocycles. The highest BCUT2D eigenvalue weighted by atomic mass is 16.2. The van der Waals surface area contributed by atoms with Crippen LogP contribution in [0.25, 0.3) is 0 Å². The quantitative estimate of drug-likeness (QED) is 0.796. The molecule has 1 saturated carbocycles. The molecular formula is C14H19N3O. The monoisotopic (exact) mass is 245 g/mol. The van der Waals surface area contributed by atoms with Crippen molar-refractivity contribution in [3.05, 3.63) is 29.8 Å². The third-order valence-electron chi connectivity index (χ3n) is 3.86. The molecule has 0 bridgehead atoms. The second kappa shape index (κ2) is 4.61. The summed E-state index contributed by atoms with van der Waals surface area (Å²) >= 11 is 0. The molecule has 0 atom stereocenters. The van der Waals surface area contributed by atoms with Gasteiger partial charge in [0.1, 0.15) is 0 Å². The molecule has 0 aromatic heterocycles. The van der Waals surface area contributed by atoms with Crippen molar-refractivity contribution in [2.24, 2.45) is 0 Å². The molecule has 96 valence electrons. The third kappa shape index (κ3) is 2.20. The molecule has 1 aromatic carbocycles. The van der Waals surface area contributed by atoms with Crippen LogP contribution >= 0.6 is 0 Å². The first-order chi connectivity index (χ1) is 8.75. The average Bonchev–Trinajstić information content (AvgIpc) is 3.23. The van der Waals surface area contributed by atoms with Gasteiger partial charge in [-0.3, -0.25) is 9.69 Å². The van der Waals surface area contributed by atoms with Gasteiger partial charge in [-0.1, -0.05) is 12.1 Å². The van der Waals surface area contributed by atoms with E-state index in [0.717, 1.165) is 32.2 Å². The van der Waals surface area contributed by atoms with E-state index in [1.165, 1.54) is 12.8 Å². The Hall–Kier alpha value is -1.55. The van der Waals surface area contributed by atoms with Gasteiger partial charge in [-0.05, 0) is 25.0 Å². The molecule has 0 unspecified atom stereocenters. The summed E-state index contributed by atoms with van der Waals surface area (Å²) in [6.45, 7) is 3.65. The van der Waals surface area contributed by atoms with Crippen LogP contribution in [0.3, 0.4) is 0 Å². The summed E-state index contributed by atoms with van der Waals surface area (Å²) in [6.07, 6.45) is 2.67. The Balaban J connectivity index is 1.65. The van der Waals surface area contributed by atoms with Crippen LogP contribution in [-0.2, 0) is 0 Å². The minimum Gasteiger partial charge on any atom is -0.398 e. The fourth-order valence-corrected chi connectivity index (χ4v) is 2.59. The lowest BCUT2D eigenvalue weighted by Gasteiger charge is -2.35. The summed E-state index contributed by atoms with van der Waals surface area (Å²) in [5.41, 5.74) is 7.07. The van der Waals surface area contributed by atoms with E-state index in [0.29, 0.717) is 11.3 Å². The molecule has 0 spiro atoms. The molecule has 2 N–H and O–H groups in total. The fourth-order valence-electron chi connectivity index (χ4n) is 2.59. The van der Waals surface area contributed by atoms with Crippen LogP contribution in [0.5, 0.6) is 0 Å². The molecule has 2 aliphatic rings. The zero-order valence-corrected chi connectivity index (χ0v) is 10.5. The summed E-state index contributed by atoms with van der Waals surface area (Å²) < 4.78 is 0. The Bertz CT molecular complexity index is 448. The number of benzene rings is 1. The van der Waals surface area contributed by atoms with Crippen molar-refractivity contribution in [3.63, 3.8) is 0 Å². The number of para-hydroxylation sites is 1. The van der Waals surface area contributed by atoms with Gasteiger partial charge < -0.3 is 10.6 Å². The molecule has 1 aromatic rings. The number of nitrogen functional groups attached to an aromatic ring is 1. The smallest absolute Gasteiger partial charge is 0.256 e. The van der Waals surface area contributed by atoms with E-state index in [-0.39, 0.29) is 5.91 Å². The van der Waals surface area contributed by atoms with Crippen molar-refractivity contribution in [1.82, 2.24) is 9.80 Å². The maximum atomic E-state index is 12.3. The molecule has 1 heterocycles. The van der Waals surface area contributed by atoms with Crippen molar-refractivity contribution < 1.29 is 4.79 Å². The van der Waals surface area contributed by atoms with Gasteiger partial charge in [0, 0.05) is 37.9 Å². The Labute approximate surface area is 107 Å². The molecule has 2 fully saturated rings. The molecule has 1 amide bonds. The topological polar surface area (TPSA) is 49.6 Å². The number of anilines is 1. The minimum atomic E-state index is 0.0727. The molecule has 1 aliphatic heterocycles. The van der Waals surface area contributed by atoms with Gasteiger partial charge in [-0.2, -0.15) is 0 Å². The molecule has 4 nitrogen and oxygen atoms in total. The van der Waals surface area contributed by atoms with E-state index < -0.39 is 0 Å². The van der Waals surface area contributed by atoms with Gasteiger partial charge in [-0.25, -0.2) is 0 Å². The van der Waals surface area contributed by atoms with Gasteiger partial charge in [0.05, 0.1) is 5.56 Å². The van der Waals surface area contributed by atoms with E-state index in [9.17, 15) is 4.79 Å². The van der Waals surface area contributed by atoms with E-state index in [1.54, 1.807) is 6.07 Å². The van der Waals surface area contributed by atoms with Crippen molar-refractivity contribution in [2.75, 3.05) is 31.9 Å². The van der Waals surface area contributed by atoms with E-state index in [4.69, 9.17) is 5.73 Å². The van der Waals surface area contributed by atoms with Crippen LogP contribution in [0.4, 0.5) is 5.69 Å². The van der Waals surface area contributed by atoms with E-state index >= 15 is 0 Å². The first-order valence-corrected chi connectivity index (χ1v) is 6.63. The van der Waals surface area contributed by atoms with Crippen molar-refractivity contribution in [2.45, 2.75) is 18.9 Å².